The summed E-state index contributed by atoms with van der Waals surface area (Å²) in [4.78, 5) is 2.32. The number of alkyl halides is 3. The predicted molar refractivity (Wildman–Crippen MR) is 111 cm³/mol. The molecule has 0 amide bonds. The summed E-state index contributed by atoms with van der Waals surface area (Å²) in [6.07, 6.45) is 0.723. The van der Waals surface area contributed by atoms with Gasteiger partial charge in [0.1, 0.15) is 0 Å². The van der Waals surface area contributed by atoms with Crippen LogP contribution in [0.2, 0.25) is 0 Å². The van der Waals surface area contributed by atoms with E-state index in [4.69, 9.17) is 4.74 Å². The summed E-state index contributed by atoms with van der Waals surface area (Å²) in [5.74, 6) is 0. The van der Waals surface area contributed by atoms with Gasteiger partial charge in [0, 0.05) is 31.4 Å². The van der Waals surface area contributed by atoms with Crippen molar-refractivity contribution in [3.63, 3.8) is 0 Å². The summed E-state index contributed by atoms with van der Waals surface area (Å²) in [6, 6.07) is 14.0. The highest BCUT2D eigenvalue weighted by atomic mass is 19.4. The maximum Gasteiger partial charge on any atom is 0.416 e. The summed E-state index contributed by atoms with van der Waals surface area (Å²) in [6.45, 7) is 4.21. The highest BCUT2D eigenvalue weighted by Crippen LogP contribution is 2.50. The van der Waals surface area contributed by atoms with Gasteiger partial charge in [0.15, 0.2) is 0 Å². The number of fused-ring (bicyclic) bond motifs is 2. The number of nitrogens with zero attached hydrogens (tertiary/aromatic N) is 3. The van der Waals surface area contributed by atoms with E-state index >= 15 is 0 Å². The quantitative estimate of drug-likeness (QED) is 0.555. The minimum atomic E-state index is -4.35. The van der Waals surface area contributed by atoms with Crippen molar-refractivity contribution in [3.8, 4) is 5.69 Å². The van der Waals surface area contributed by atoms with Gasteiger partial charge < -0.3 is 4.74 Å². The average Bonchev–Trinajstić information content (AvgIpc) is 3.33. The number of hydrogen-bond acceptors (Lipinski definition) is 3. The van der Waals surface area contributed by atoms with Crippen molar-refractivity contribution in [1.82, 2.24) is 14.7 Å². The monoisotopic (exact) mass is 427 g/mol. The normalized spacial score (nSPS) is 20.8. The Labute approximate surface area is 179 Å². The summed E-state index contributed by atoms with van der Waals surface area (Å²) in [7, 11) is 0. The fraction of sp³-hybridized carbons (Fsp3) is 0.375. The summed E-state index contributed by atoms with van der Waals surface area (Å²) >= 11 is 0. The van der Waals surface area contributed by atoms with Crippen LogP contribution < -0.4 is 0 Å². The van der Waals surface area contributed by atoms with Gasteiger partial charge in [-0.2, -0.15) is 18.3 Å². The molecule has 2 aromatic carbocycles. The van der Waals surface area contributed by atoms with Crippen LogP contribution in [-0.2, 0) is 23.1 Å². The molecule has 1 atom stereocenters. The lowest BCUT2D eigenvalue weighted by molar-refractivity contribution is -0.137. The van der Waals surface area contributed by atoms with E-state index in [1.807, 2.05) is 54.3 Å². The molecule has 3 aromatic rings. The van der Waals surface area contributed by atoms with Crippen LogP contribution in [0.1, 0.15) is 48.1 Å². The average molecular weight is 427 g/mol. The Morgan fingerprint density at radius 1 is 1.10 bits per heavy atom. The second-order valence-electron chi connectivity index (χ2n) is 8.46. The fourth-order valence-corrected chi connectivity index (χ4v) is 4.83. The number of likely N-dealkylation sites (tertiary alicyclic amines) is 1. The molecule has 31 heavy (non-hydrogen) atoms. The van der Waals surface area contributed by atoms with E-state index in [0.717, 1.165) is 42.5 Å². The Bertz CT molecular complexity index is 1070. The van der Waals surface area contributed by atoms with Crippen LogP contribution in [0.25, 0.3) is 5.69 Å². The summed E-state index contributed by atoms with van der Waals surface area (Å²) in [5.41, 5.74) is 2.49. The molecule has 1 aromatic heterocycles. The van der Waals surface area contributed by atoms with Gasteiger partial charge in [-0.25, -0.2) is 4.68 Å². The molecule has 5 rings (SSSR count). The molecular weight excluding hydrogens is 403 g/mol. The van der Waals surface area contributed by atoms with E-state index in [2.05, 4.69) is 10.00 Å². The molecule has 0 radical (unpaired) electrons. The van der Waals surface area contributed by atoms with Crippen LogP contribution in [0.15, 0.2) is 60.9 Å². The van der Waals surface area contributed by atoms with Crippen molar-refractivity contribution in [2.24, 2.45) is 0 Å². The standard InChI is InChI=1S/C24H24F3N3O/c1-17-21-8-7-19(24(25,26)27)13-22(21)23(31-17)9-11-29(12-10-23)15-18-14-28-30(16-18)20-5-3-2-4-6-20/h2-8,13-14,16-17H,9-12,15H2,1H3. The first-order valence-electron chi connectivity index (χ1n) is 10.5. The van der Waals surface area contributed by atoms with E-state index < -0.39 is 17.3 Å². The minimum absolute atomic E-state index is 0.187. The zero-order chi connectivity index (χ0) is 21.6. The molecule has 1 fully saturated rings. The van der Waals surface area contributed by atoms with E-state index in [1.54, 1.807) is 6.07 Å². The molecule has 0 aliphatic carbocycles. The third kappa shape index (κ3) is 3.77. The van der Waals surface area contributed by atoms with Gasteiger partial charge in [-0.05, 0) is 55.2 Å². The van der Waals surface area contributed by atoms with Crippen molar-refractivity contribution in [1.29, 1.82) is 0 Å². The number of halogens is 3. The topological polar surface area (TPSA) is 30.3 Å². The zero-order valence-electron chi connectivity index (χ0n) is 17.3. The maximum absolute atomic E-state index is 13.3. The third-order valence-corrected chi connectivity index (χ3v) is 6.44. The van der Waals surface area contributed by atoms with Crippen LogP contribution in [0.4, 0.5) is 13.2 Å². The number of ether oxygens (including phenoxy) is 1. The molecule has 1 spiro atoms. The molecule has 1 unspecified atom stereocenters. The van der Waals surface area contributed by atoms with Crippen LogP contribution in [-0.4, -0.2) is 27.8 Å². The van der Waals surface area contributed by atoms with E-state index in [0.29, 0.717) is 18.4 Å². The number of piperidine rings is 1. The van der Waals surface area contributed by atoms with Crippen LogP contribution in [0, 0.1) is 0 Å². The van der Waals surface area contributed by atoms with Crippen molar-refractivity contribution in [2.45, 2.75) is 44.2 Å². The number of para-hydroxylation sites is 1. The number of rotatable bonds is 3. The van der Waals surface area contributed by atoms with Crippen molar-refractivity contribution >= 4 is 0 Å². The summed E-state index contributed by atoms with van der Waals surface area (Å²) in [5, 5.41) is 4.45. The molecule has 2 aliphatic heterocycles. The molecule has 2 aliphatic rings. The Kier molecular flexibility index (Phi) is 4.90. The van der Waals surface area contributed by atoms with Crippen molar-refractivity contribution in [2.75, 3.05) is 13.1 Å². The molecule has 7 heteroatoms. The maximum atomic E-state index is 13.3. The van der Waals surface area contributed by atoms with Crippen LogP contribution in [0.3, 0.4) is 0 Å². The van der Waals surface area contributed by atoms with Gasteiger partial charge in [0.25, 0.3) is 0 Å². The third-order valence-electron chi connectivity index (χ3n) is 6.44. The first-order valence-corrected chi connectivity index (χ1v) is 10.5. The Morgan fingerprint density at radius 3 is 2.55 bits per heavy atom. The second kappa shape index (κ2) is 7.50. The fourth-order valence-electron chi connectivity index (χ4n) is 4.83. The van der Waals surface area contributed by atoms with Gasteiger partial charge in [-0.1, -0.05) is 24.3 Å². The SMILES string of the molecule is CC1OC2(CCN(Cc3cnn(-c4ccccc4)c3)CC2)c2cc(C(F)(F)F)ccc21. The molecular formula is C24H24F3N3O. The molecule has 0 saturated carbocycles. The Morgan fingerprint density at radius 2 is 1.84 bits per heavy atom. The van der Waals surface area contributed by atoms with Gasteiger partial charge in [-0.15, -0.1) is 0 Å². The van der Waals surface area contributed by atoms with Gasteiger partial charge in [-0.3, -0.25) is 4.90 Å². The van der Waals surface area contributed by atoms with Crippen LogP contribution >= 0.6 is 0 Å². The molecule has 162 valence electrons. The lowest BCUT2D eigenvalue weighted by atomic mass is 9.82. The van der Waals surface area contributed by atoms with Crippen molar-refractivity contribution in [3.05, 3.63) is 83.2 Å². The molecule has 3 heterocycles. The highest BCUT2D eigenvalue weighted by molar-refractivity contribution is 5.42. The first kappa shape index (κ1) is 20.3. The van der Waals surface area contributed by atoms with Gasteiger partial charge >= 0.3 is 6.18 Å². The van der Waals surface area contributed by atoms with E-state index in [9.17, 15) is 13.2 Å². The number of hydrogen-bond donors (Lipinski definition) is 0. The largest absolute Gasteiger partial charge is 0.416 e. The molecule has 4 nitrogen and oxygen atoms in total. The first-order chi connectivity index (χ1) is 14.8. The Hall–Kier alpha value is -2.64. The molecule has 0 bridgehead atoms. The number of aromatic nitrogens is 2. The zero-order valence-corrected chi connectivity index (χ0v) is 17.3. The Balaban J connectivity index is 1.30. The van der Waals surface area contributed by atoms with Crippen molar-refractivity contribution < 1.29 is 17.9 Å². The number of benzene rings is 2. The molecule has 1 saturated heterocycles. The lowest BCUT2D eigenvalue weighted by Crippen LogP contribution is -2.42. The highest BCUT2D eigenvalue weighted by Gasteiger charge is 2.46. The smallest absolute Gasteiger partial charge is 0.363 e. The predicted octanol–water partition coefficient (Wildman–Crippen LogP) is 5.47. The lowest BCUT2D eigenvalue weighted by Gasteiger charge is -2.39. The van der Waals surface area contributed by atoms with Crippen LogP contribution in [0.5, 0.6) is 0 Å². The minimum Gasteiger partial charge on any atom is -0.363 e. The van der Waals surface area contributed by atoms with Gasteiger partial charge in [0.05, 0.1) is 29.2 Å². The molecule has 0 N–H and O–H groups in total. The van der Waals surface area contributed by atoms with Gasteiger partial charge in [0.2, 0.25) is 0 Å². The van der Waals surface area contributed by atoms with E-state index in [1.165, 1.54) is 6.07 Å². The van der Waals surface area contributed by atoms with E-state index in [-0.39, 0.29) is 6.10 Å². The second-order valence-corrected chi connectivity index (χ2v) is 8.46. The summed E-state index contributed by atoms with van der Waals surface area (Å²) < 4.78 is 48.0.